The summed E-state index contributed by atoms with van der Waals surface area (Å²) in [7, 11) is 0. The summed E-state index contributed by atoms with van der Waals surface area (Å²) >= 11 is 0. The number of rotatable bonds is 0. The topological polar surface area (TPSA) is 0 Å². The van der Waals surface area contributed by atoms with Gasteiger partial charge in [0, 0.05) is 54.4 Å². The van der Waals surface area contributed by atoms with Gasteiger partial charge in [-0.05, 0) is 0 Å². The summed E-state index contributed by atoms with van der Waals surface area (Å²) in [5, 5.41) is 0. The molecule has 0 aliphatic heterocycles. The Kier molecular flexibility index (Phi) is 2.69. The highest BCUT2D eigenvalue weighted by Crippen LogP contribution is 2.62. The molecule has 0 heterocycles. The second-order valence-electron chi connectivity index (χ2n) is 5.70. The fourth-order valence-corrected chi connectivity index (χ4v) is 3.27. The molecule has 0 N–H and O–H groups in total. The molecule has 118 valence electrons. The summed E-state index contributed by atoms with van der Waals surface area (Å²) in [5.41, 5.74) is -5.61. The number of hydrogen-bond acceptors (Lipinski definition) is 0. The molecule has 0 bridgehead atoms. The van der Waals surface area contributed by atoms with Crippen LogP contribution in [0.2, 0.25) is 0 Å². The van der Waals surface area contributed by atoms with Crippen LogP contribution in [0.4, 0.5) is 35.1 Å². The number of hydrogen-bond donors (Lipinski definition) is 0. The maximum atomic E-state index is 13.9. The van der Waals surface area contributed by atoms with Gasteiger partial charge in [-0.3, -0.25) is 0 Å². The van der Waals surface area contributed by atoms with Gasteiger partial charge in [-0.25, -0.2) is 35.1 Å². The van der Waals surface area contributed by atoms with Crippen molar-refractivity contribution in [2.45, 2.75) is 55.8 Å². The van der Waals surface area contributed by atoms with Crippen LogP contribution < -0.4 is 0 Å². The highest BCUT2D eigenvalue weighted by Gasteiger charge is 2.63. The number of alkyl halides is 8. The van der Waals surface area contributed by atoms with Crippen molar-refractivity contribution in [2.24, 2.45) is 0 Å². The van der Waals surface area contributed by atoms with E-state index in [2.05, 4.69) is 0 Å². The average molecular weight is 318 g/mol. The summed E-state index contributed by atoms with van der Waals surface area (Å²) in [4.78, 5) is 0. The van der Waals surface area contributed by atoms with Crippen LogP contribution in [0.1, 0.15) is 32.1 Å². The van der Waals surface area contributed by atoms with Crippen molar-refractivity contribution in [3.05, 3.63) is 22.3 Å². The molecule has 0 atom stereocenters. The Morgan fingerprint density at radius 3 is 1.10 bits per heavy atom. The lowest BCUT2D eigenvalue weighted by atomic mass is 9.81. The van der Waals surface area contributed by atoms with Crippen LogP contribution in [0.25, 0.3) is 0 Å². The standard InChI is InChI=1S/C13H10F8/c14-10(15)1-3-12(18,19)8-6(10)5-7-9(8)13(20,21)4-2-11(7,16)17/h1-5H2. The first-order valence-corrected chi connectivity index (χ1v) is 6.38. The van der Waals surface area contributed by atoms with E-state index in [-0.39, 0.29) is 0 Å². The van der Waals surface area contributed by atoms with Crippen molar-refractivity contribution in [1.82, 2.24) is 0 Å². The Labute approximate surface area is 114 Å². The second kappa shape index (κ2) is 3.81. The fraction of sp³-hybridized carbons (Fsp3) is 0.692. The van der Waals surface area contributed by atoms with E-state index in [1.165, 1.54) is 0 Å². The molecule has 0 nitrogen and oxygen atoms in total. The molecule has 3 aliphatic carbocycles. The molecule has 0 saturated heterocycles. The smallest absolute Gasteiger partial charge is 0.202 e. The Morgan fingerprint density at radius 1 is 0.476 bits per heavy atom. The van der Waals surface area contributed by atoms with Crippen LogP contribution in [0.5, 0.6) is 0 Å². The van der Waals surface area contributed by atoms with Gasteiger partial charge in [0.1, 0.15) is 0 Å². The van der Waals surface area contributed by atoms with Crippen molar-refractivity contribution >= 4 is 0 Å². The molecule has 0 spiro atoms. The molecule has 0 amide bonds. The molecule has 0 aromatic rings. The normalized spacial score (nSPS) is 32.0. The van der Waals surface area contributed by atoms with Gasteiger partial charge in [-0.15, -0.1) is 0 Å². The van der Waals surface area contributed by atoms with Crippen molar-refractivity contribution in [2.75, 3.05) is 0 Å². The Morgan fingerprint density at radius 2 is 0.762 bits per heavy atom. The predicted molar refractivity (Wildman–Crippen MR) is 56.9 cm³/mol. The van der Waals surface area contributed by atoms with Crippen LogP contribution in [0.15, 0.2) is 22.3 Å². The van der Waals surface area contributed by atoms with E-state index in [1.807, 2.05) is 0 Å². The Balaban J connectivity index is 2.25. The minimum atomic E-state index is -3.93. The van der Waals surface area contributed by atoms with E-state index in [9.17, 15) is 35.1 Å². The van der Waals surface area contributed by atoms with Crippen LogP contribution in [-0.2, 0) is 0 Å². The molecule has 3 rings (SSSR count). The van der Waals surface area contributed by atoms with Crippen molar-refractivity contribution < 1.29 is 35.1 Å². The lowest BCUT2D eigenvalue weighted by Crippen LogP contribution is -2.39. The number of halogens is 8. The van der Waals surface area contributed by atoms with Gasteiger partial charge in [0.2, 0.25) is 0 Å². The van der Waals surface area contributed by atoms with Gasteiger partial charge < -0.3 is 0 Å². The molecular weight excluding hydrogens is 308 g/mol. The zero-order chi connectivity index (χ0) is 15.8. The summed E-state index contributed by atoms with van der Waals surface area (Å²) in [6, 6.07) is 0. The molecule has 21 heavy (non-hydrogen) atoms. The molecule has 0 aromatic heterocycles. The van der Waals surface area contributed by atoms with Crippen molar-refractivity contribution in [3.8, 4) is 0 Å². The van der Waals surface area contributed by atoms with Crippen LogP contribution in [0.3, 0.4) is 0 Å². The molecule has 0 aromatic carbocycles. The largest absolute Gasteiger partial charge is 0.274 e. The van der Waals surface area contributed by atoms with E-state index in [0.29, 0.717) is 0 Å². The number of fused-ring (bicyclic) bond motifs is 1. The van der Waals surface area contributed by atoms with E-state index < -0.39 is 78.1 Å². The van der Waals surface area contributed by atoms with Gasteiger partial charge in [-0.2, -0.15) is 0 Å². The third-order valence-corrected chi connectivity index (χ3v) is 4.33. The third kappa shape index (κ3) is 1.93. The van der Waals surface area contributed by atoms with Gasteiger partial charge in [0.15, 0.2) is 0 Å². The maximum absolute atomic E-state index is 13.9. The summed E-state index contributed by atoms with van der Waals surface area (Å²) in [6.45, 7) is 0. The first kappa shape index (κ1) is 14.8. The lowest BCUT2D eigenvalue weighted by molar-refractivity contribution is -0.0597. The minimum Gasteiger partial charge on any atom is -0.202 e. The molecular formula is C13H10F8. The number of allylic oxidation sites excluding steroid dienone is 4. The van der Waals surface area contributed by atoms with Gasteiger partial charge in [-0.1, -0.05) is 0 Å². The molecule has 8 heteroatoms. The highest BCUT2D eigenvalue weighted by molar-refractivity contribution is 5.59. The maximum Gasteiger partial charge on any atom is 0.274 e. The minimum absolute atomic E-state index is 1.20. The van der Waals surface area contributed by atoms with Gasteiger partial charge >= 0.3 is 0 Å². The summed E-state index contributed by atoms with van der Waals surface area (Å²) in [5.74, 6) is -15.4. The van der Waals surface area contributed by atoms with Crippen molar-refractivity contribution in [3.63, 3.8) is 0 Å². The first-order chi connectivity index (χ1) is 9.39. The Hall–Kier alpha value is -1.08. The molecule has 0 saturated carbocycles. The molecule has 3 aliphatic rings. The summed E-state index contributed by atoms with van der Waals surface area (Å²) < 4.78 is 110. The SMILES string of the molecule is FC1(F)CCC(F)(F)C2=C1CC1=C2C(F)(F)CCC1(F)F. The van der Waals surface area contributed by atoms with E-state index in [0.717, 1.165) is 0 Å². The van der Waals surface area contributed by atoms with Crippen molar-refractivity contribution in [1.29, 1.82) is 0 Å². The zero-order valence-electron chi connectivity index (χ0n) is 10.6. The zero-order valence-corrected chi connectivity index (χ0v) is 10.6. The quantitative estimate of drug-likeness (QED) is 0.544. The fourth-order valence-electron chi connectivity index (χ4n) is 3.27. The highest BCUT2D eigenvalue weighted by atomic mass is 19.3. The molecule has 0 unspecified atom stereocenters. The third-order valence-electron chi connectivity index (χ3n) is 4.33. The van der Waals surface area contributed by atoms with Crippen LogP contribution >= 0.6 is 0 Å². The monoisotopic (exact) mass is 318 g/mol. The van der Waals surface area contributed by atoms with Gasteiger partial charge in [0.05, 0.1) is 0 Å². The van der Waals surface area contributed by atoms with E-state index in [1.54, 1.807) is 0 Å². The van der Waals surface area contributed by atoms with Gasteiger partial charge in [0.25, 0.3) is 23.7 Å². The van der Waals surface area contributed by atoms with Crippen LogP contribution in [0, 0.1) is 0 Å². The predicted octanol–water partition coefficient (Wildman–Crippen LogP) is 5.11. The Bertz CT molecular complexity index is 517. The first-order valence-electron chi connectivity index (χ1n) is 6.38. The lowest BCUT2D eigenvalue weighted by Gasteiger charge is -2.35. The average Bonchev–Trinajstić information content (AvgIpc) is 2.76. The summed E-state index contributed by atoms with van der Waals surface area (Å²) in [6.07, 6.45) is -6.29. The molecule has 0 radical (unpaired) electrons. The van der Waals surface area contributed by atoms with Crippen LogP contribution in [-0.4, -0.2) is 23.7 Å². The second-order valence-corrected chi connectivity index (χ2v) is 5.70. The van der Waals surface area contributed by atoms with E-state index >= 15 is 0 Å². The molecule has 0 fully saturated rings. The van der Waals surface area contributed by atoms with E-state index in [4.69, 9.17) is 0 Å².